The quantitative estimate of drug-likeness (QED) is 0.847. The normalized spacial score (nSPS) is 11.8. The minimum Gasteiger partial charge on any atom is -0.360 e. The van der Waals surface area contributed by atoms with Crippen molar-refractivity contribution in [3.63, 3.8) is 0 Å². The third kappa shape index (κ3) is 5.41. The Labute approximate surface area is 136 Å². The number of carbonyl (C=O) groups excluding carboxylic acids is 2. The lowest BCUT2D eigenvalue weighted by Gasteiger charge is -2.10. The monoisotopic (exact) mass is 337 g/mol. The first-order valence-corrected chi connectivity index (χ1v) is 7.90. The van der Waals surface area contributed by atoms with E-state index in [9.17, 15) is 14.0 Å². The number of anilines is 2. The molecule has 2 rings (SSSR count). The van der Waals surface area contributed by atoms with Gasteiger partial charge in [0.25, 0.3) is 0 Å². The zero-order valence-corrected chi connectivity index (χ0v) is 13.4. The molecule has 0 aliphatic heterocycles. The van der Waals surface area contributed by atoms with Gasteiger partial charge in [-0.05, 0) is 38.1 Å². The summed E-state index contributed by atoms with van der Waals surface area (Å²) < 4.78 is 17.6. The molecule has 122 valence electrons. The predicted octanol–water partition coefficient (Wildman–Crippen LogP) is 2.82. The molecule has 0 saturated carbocycles. The summed E-state index contributed by atoms with van der Waals surface area (Å²) in [6.07, 6.45) is 0. The van der Waals surface area contributed by atoms with Gasteiger partial charge in [0.15, 0.2) is 5.82 Å². The third-order valence-electron chi connectivity index (χ3n) is 2.84. The van der Waals surface area contributed by atoms with Gasteiger partial charge in [-0.3, -0.25) is 9.59 Å². The first-order chi connectivity index (χ1) is 10.9. The van der Waals surface area contributed by atoms with E-state index in [4.69, 9.17) is 4.52 Å². The van der Waals surface area contributed by atoms with Crippen LogP contribution in [0, 0.1) is 12.7 Å². The summed E-state index contributed by atoms with van der Waals surface area (Å²) in [5, 5.41) is 8.47. The lowest BCUT2D eigenvalue weighted by molar-refractivity contribution is -0.115. The molecule has 0 bridgehead atoms. The summed E-state index contributed by atoms with van der Waals surface area (Å²) in [6, 6.07) is 7.08. The van der Waals surface area contributed by atoms with E-state index >= 15 is 0 Å². The van der Waals surface area contributed by atoms with Gasteiger partial charge < -0.3 is 15.2 Å². The van der Waals surface area contributed by atoms with E-state index < -0.39 is 5.25 Å². The second-order valence-corrected chi connectivity index (χ2v) is 6.15. The minimum absolute atomic E-state index is 0.101. The van der Waals surface area contributed by atoms with Crippen molar-refractivity contribution in [3.05, 3.63) is 41.9 Å². The molecule has 1 heterocycles. The lowest BCUT2D eigenvalue weighted by atomic mass is 10.3. The molecule has 1 atom stereocenters. The van der Waals surface area contributed by atoms with Gasteiger partial charge in [0, 0.05) is 11.8 Å². The standard InChI is InChI=1S/C15H16FN3O3S/c1-9-7-13(19-22-9)18-15(21)10(2)23-8-14(20)17-12-5-3-11(16)4-6-12/h3-7,10H,8H2,1-2H3,(H,17,20)(H,18,19,21)/t10-/m1/s1. The molecule has 2 N–H and O–H groups in total. The van der Waals surface area contributed by atoms with Crippen LogP contribution in [-0.4, -0.2) is 28.0 Å². The molecule has 2 aromatic rings. The van der Waals surface area contributed by atoms with E-state index in [-0.39, 0.29) is 23.4 Å². The Morgan fingerprint density at radius 3 is 2.61 bits per heavy atom. The summed E-state index contributed by atoms with van der Waals surface area (Å²) in [7, 11) is 0. The van der Waals surface area contributed by atoms with Crippen LogP contribution in [0.5, 0.6) is 0 Å². The molecule has 0 aliphatic rings. The highest BCUT2D eigenvalue weighted by Crippen LogP contribution is 2.15. The second-order valence-electron chi connectivity index (χ2n) is 4.82. The van der Waals surface area contributed by atoms with Gasteiger partial charge >= 0.3 is 0 Å². The average Bonchev–Trinajstić information content (AvgIpc) is 2.92. The van der Waals surface area contributed by atoms with Gasteiger partial charge in [0.2, 0.25) is 11.8 Å². The zero-order valence-electron chi connectivity index (χ0n) is 12.6. The van der Waals surface area contributed by atoms with Crippen molar-refractivity contribution in [2.45, 2.75) is 19.1 Å². The fraction of sp³-hybridized carbons (Fsp3) is 0.267. The highest BCUT2D eigenvalue weighted by Gasteiger charge is 2.16. The Bertz CT molecular complexity index is 688. The molecule has 2 amide bonds. The number of thioether (sulfide) groups is 1. The number of benzene rings is 1. The summed E-state index contributed by atoms with van der Waals surface area (Å²) in [5.74, 6) is 0.140. The van der Waals surface area contributed by atoms with Gasteiger partial charge in [-0.15, -0.1) is 11.8 Å². The summed E-state index contributed by atoms with van der Waals surface area (Å²) in [4.78, 5) is 23.7. The van der Waals surface area contributed by atoms with Crippen LogP contribution < -0.4 is 10.6 Å². The van der Waals surface area contributed by atoms with Crippen molar-refractivity contribution >= 4 is 35.1 Å². The van der Waals surface area contributed by atoms with Gasteiger partial charge in [-0.1, -0.05) is 5.16 Å². The highest BCUT2D eigenvalue weighted by molar-refractivity contribution is 8.01. The molecular formula is C15H16FN3O3S. The number of carbonyl (C=O) groups is 2. The molecule has 0 radical (unpaired) electrons. The molecule has 6 nitrogen and oxygen atoms in total. The van der Waals surface area contributed by atoms with E-state index in [1.807, 2.05) is 0 Å². The molecule has 0 saturated heterocycles. The van der Waals surface area contributed by atoms with Crippen LogP contribution >= 0.6 is 11.8 Å². The number of nitrogens with zero attached hydrogens (tertiary/aromatic N) is 1. The smallest absolute Gasteiger partial charge is 0.238 e. The Balaban J connectivity index is 1.76. The fourth-order valence-electron chi connectivity index (χ4n) is 1.66. The average molecular weight is 337 g/mol. The zero-order chi connectivity index (χ0) is 16.8. The maximum Gasteiger partial charge on any atom is 0.238 e. The predicted molar refractivity (Wildman–Crippen MR) is 86.8 cm³/mol. The topological polar surface area (TPSA) is 84.2 Å². The molecule has 8 heteroatoms. The van der Waals surface area contributed by atoms with Crippen LogP contribution in [0.2, 0.25) is 0 Å². The number of aryl methyl sites for hydroxylation is 1. The van der Waals surface area contributed by atoms with Crippen molar-refractivity contribution < 1.29 is 18.5 Å². The molecular weight excluding hydrogens is 321 g/mol. The molecule has 1 aromatic heterocycles. The molecule has 0 aliphatic carbocycles. The molecule has 0 fully saturated rings. The first kappa shape index (κ1) is 17.0. The molecule has 0 spiro atoms. The summed E-state index contributed by atoms with van der Waals surface area (Å²) >= 11 is 1.18. The summed E-state index contributed by atoms with van der Waals surface area (Å²) in [6.45, 7) is 3.42. The number of halogens is 1. The van der Waals surface area contributed by atoms with E-state index in [0.717, 1.165) is 0 Å². The number of aromatic nitrogens is 1. The van der Waals surface area contributed by atoms with E-state index in [1.54, 1.807) is 19.9 Å². The molecule has 23 heavy (non-hydrogen) atoms. The van der Waals surface area contributed by atoms with Gasteiger partial charge in [-0.25, -0.2) is 4.39 Å². The minimum atomic E-state index is -0.439. The number of rotatable bonds is 6. The Hall–Kier alpha value is -2.35. The van der Waals surface area contributed by atoms with Gasteiger partial charge in [0.05, 0.1) is 11.0 Å². The number of amides is 2. The second kappa shape index (κ2) is 7.77. The van der Waals surface area contributed by atoms with Crippen LogP contribution in [0.1, 0.15) is 12.7 Å². The number of nitrogens with one attached hydrogen (secondary N) is 2. The Morgan fingerprint density at radius 1 is 1.30 bits per heavy atom. The first-order valence-electron chi connectivity index (χ1n) is 6.85. The fourth-order valence-corrected chi connectivity index (χ4v) is 2.34. The lowest BCUT2D eigenvalue weighted by Crippen LogP contribution is -2.25. The maximum atomic E-state index is 12.8. The third-order valence-corrected chi connectivity index (χ3v) is 3.98. The van der Waals surface area contributed by atoms with Crippen LogP contribution in [0.3, 0.4) is 0 Å². The Morgan fingerprint density at radius 2 is 2.00 bits per heavy atom. The van der Waals surface area contributed by atoms with Crippen molar-refractivity contribution in [1.82, 2.24) is 5.16 Å². The van der Waals surface area contributed by atoms with Gasteiger partial charge in [-0.2, -0.15) is 0 Å². The highest BCUT2D eigenvalue weighted by atomic mass is 32.2. The number of hydrogen-bond donors (Lipinski definition) is 2. The summed E-state index contributed by atoms with van der Waals surface area (Å²) in [5.41, 5.74) is 0.507. The van der Waals surface area contributed by atoms with E-state index in [0.29, 0.717) is 17.3 Å². The van der Waals surface area contributed by atoms with Crippen LogP contribution in [0.4, 0.5) is 15.9 Å². The van der Waals surface area contributed by atoms with Crippen molar-refractivity contribution in [3.8, 4) is 0 Å². The van der Waals surface area contributed by atoms with Crippen molar-refractivity contribution in [2.24, 2.45) is 0 Å². The van der Waals surface area contributed by atoms with E-state index in [2.05, 4.69) is 15.8 Å². The van der Waals surface area contributed by atoms with Crippen molar-refractivity contribution in [1.29, 1.82) is 0 Å². The SMILES string of the molecule is Cc1cc(NC(=O)[C@@H](C)SCC(=O)Nc2ccc(F)cc2)no1. The van der Waals surface area contributed by atoms with E-state index in [1.165, 1.54) is 36.0 Å². The Kier molecular flexibility index (Phi) is 5.75. The molecule has 0 unspecified atom stereocenters. The van der Waals surface area contributed by atoms with Gasteiger partial charge in [0.1, 0.15) is 11.6 Å². The largest absolute Gasteiger partial charge is 0.360 e. The number of hydrogen-bond acceptors (Lipinski definition) is 5. The van der Waals surface area contributed by atoms with Crippen LogP contribution in [0.15, 0.2) is 34.9 Å². The van der Waals surface area contributed by atoms with Crippen LogP contribution in [-0.2, 0) is 9.59 Å². The van der Waals surface area contributed by atoms with Crippen molar-refractivity contribution in [2.75, 3.05) is 16.4 Å². The van der Waals surface area contributed by atoms with Crippen LogP contribution in [0.25, 0.3) is 0 Å². The maximum absolute atomic E-state index is 12.8. The molecule has 1 aromatic carbocycles.